The quantitative estimate of drug-likeness (QED) is 0.181. The van der Waals surface area contributed by atoms with Gasteiger partial charge in [0.2, 0.25) is 0 Å². The summed E-state index contributed by atoms with van der Waals surface area (Å²) < 4.78 is 8.48. The molecule has 5 heteroatoms. The fourth-order valence-corrected chi connectivity index (χ4v) is 10.3. The molecule has 13 rings (SSSR count). The van der Waals surface area contributed by atoms with Gasteiger partial charge in [-0.2, -0.15) is 0 Å². The van der Waals surface area contributed by atoms with Crippen LogP contribution in [-0.2, 0) is 0 Å². The minimum absolute atomic E-state index is 0.712. The molecular formula is C52H29N3OS. The summed E-state index contributed by atoms with van der Waals surface area (Å²) in [4.78, 5) is 13.1. The lowest BCUT2D eigenvalue weighted by Crippen LogP contribution is -2.15. The molecule has 0 saturated heterocycles. The summed E-state index contributed by atoms with van der Waals surface area (Å²) in [6.45, 7) is 0. The van der Waals surface area contributed by atoms with Crippen LogP contribution in [0.2, 0.25) is 0 Å². The highest BCUT2D eigenvalue weighted by Crippen LogP contribution is 2.53. The summed E-state index contributed by atoms with van der Waals surface area (Å²) in [7, 11) is 0. The van der Waals surface area contributed by atoms with E-state index >= 15 is 0 Å². The number of aromatic nitrogens is 2. The highest BCUT2D eigenvalue weighted by Gasteiger charge is 2.27. The van der Waals surface area contributed by atoms with Gasteiger partial charge in [-0.25, -0.2) is 9.97 Å². The zero-order valence-electron chi connectivity index (χ0n) is 30.4. The Bertz CT molecular complexity index is 3670. The van der Waals surface area contributed by atoms with E-state index < -0.39 is 0 Å². The lowest BCUT2D eigenvalue weighted by molar-refractivity contribution is 0.669. The van der Waals surface area contributed by atoms with Gasteiger partial charge in [0.05, 0.1) is 27.3 Å². The normalized spacial score (nSPS) is 12.5. The van der Waals surface area contributed by atoms with Crippen molar-refractivity contribution in [2.75, 3.05) is 4.90 Å². The van der Waals surface area contributed by atoms with Crippen molar-refractivity contribution in [3.8, 4) is 33.8 Å². The fraction of sp³-hybridized carbons (Fsp3) is 0. The third-order valence-electron chi connectivity index (χ3n) is 11.8. The molecule has 3 aromatic heterocycles. The first kappa shape index (κ1) is 30.9. The van der Waals surface area contributed by atoms with E-state index in [1.165, 1.54) is 48.7 Å². The monoisotopic (exact) mass is 743 g/mol. The van der Waals surface area contributed by atoms with Crippen molar-refractivity contribution in [2.24, 2.45) is 0 Å². The van der Waals surface area contributed by atoms with Crippen LogP contribution in [0.1, 0.15) is 0 Å². The first-order chi connectivity index (χ1) is 28.2. The van der Waals surface area contributed by atoms with Crippen molar-refractivity contribution in [3.05, 3.63) is 176 Å². The number of hydrogen-bond acceptors (Lipinski definition) is 5. The molecule has 0 N–H and O–H groups in total. The Morgan fingerprint density at radius 2 is 1.21 bits per heavy atom. The smallest absolute Gasteiger partial charge is 0.160 e. The number of thiophene rings is 1. The number of para-hydroxylation sites is 1. The number of hydrogen-bond donors (Lipinski definition) is 0. The van der Waals surface area contributed by atoms with Crippen molar-refractivity contribution < 1.29 is 4.42 Å². The zero-order valence-corrected chi connectivity index (χ0v) is 31.2. The maximum atomic E-state index is 6.19. The second-order valence-electron chi connectivity index (χ2n) is 14.9. The van der Waals surface area contributed by atoms with Gasteiger partial charge in [-0.15, -0.1) is 11.3 Å². The lowest BCUT2D eigenvalue weighted by Gasteiger charge is -2.34. The van der Waals surface area contributed by atoms with E-state index in [9.17, 15) is 0 Å². The Morgan fingerprint density at radius 3 is 2.16 bits per heavy atom. The van der Waals surface area contributed by atoms with Crippen molar-refractivity contribution in [2.45, 2.75) is 0 Å². The molecule has 4 nitrogen and oxygen atoms in total. The molecule has 0 bridgehead atoms. The van der Waals surface area contributed by atoms with E-state index in [1.54, 1.807) is 11.3 Å². The molecule has 1 aliphatic rings. The number of furan rings is 1. The third kappa shape index (κ3) is 4.49. The zero-order chi connectivity index (χ0) is 37.2. The number of anilines is 3. The van der Waals surface area contributed by atoms with E-state index in [4.69, 9.17) is 14.4 Å². The van der Waals surface area contributed by atoms with E-state index in [0.29, 0.717) is 5.82 Å². The Kier molecular flexibility index (Phi) is 6.29. The summed E-state index contributed by atoms with van der Waals surface area (Å²) in [5.74, 6) is 0.712. The molecule has 0 saturated carbocycles. The van der Waals surface area contributed by atoms with E-state index in [-0.39, 0.29) is 0 Å². The topological polar surface area (TPSA) is 42.2 Å². The summed E-state index contributed by atoms with van der Waals surface area (Å²) >= 11 is 1.75. The average Bonchev–Trinajstić information content (AvgIpc) is 3.84. The van der Waals surface area contributed by atoms with E-state index in [1.807, 2.05) is 12.1 Å². The van der Waals surface area contributed by atoms with Gasteiger partial charge in [0.1, 0.15) is 11.2 Å². The van der Waals surface area contributed by atoms with Crippen LogP contribution in [-0.4, -0.2) is 9.97 Å². The standard InChI is InChI=1S/C52H29N3OS/c1-2-12-37-30(9-1)22-25-43-48(37)40-15-7-10-31-11-8-16-42(47(31)40)55(43)36-24-21-32-27-35(20-19-33(32)28-36)52-53-49(51-50(54-52)39-14-4-6-18-46(39)57-51)34-23-26-45-41(29-34)38-13-3-5-17-44(38)56-45/h1-29H. The minimum Gasteiger partial charge on any atom is -0.456 e. The second-order valence-corrected chi connectivity index (χ2v) is 16.0. The van der Waals surface area contributed by atoms with Crippen LogP contribution in [0.15, 0.2) is 180 Å². The molecule has 0 atom stereocenters. The molecule has 1 aliphatic heterocycles. The van der Waals surface area contributed by atoms with E-state index in [2.05, 4.69) is 169 Å². The molecule has 0 fully saturated rings. The molecule has 0 aliphatic carbocycles. The number of benzene rings is 9. The van der Waals surface area contributed by atoms with Crippen molar-refractivity contribution in [3.63, 3.8) is 0 Å². The van der Waals surface area contributed by atoms with Gasteiger partial charge in [0.25, 0.3) is 0 Å². The average molecular weight is 744 g/mol. The molecular weight excluding hydrogens is 715 g/mol. The Labute approximate surface area is 330 Å². The Morgan fingerprint density at radius 1 is 0.474 bits per heavy atom. The van der Waals surface area contributed by atoms with Gasteiger partial charge in [-0.3, -0.25) is 0 Å². The van der Waals surface area contributed by atoms with Gasteiger partial charge in [0.15, 0.2) is 5.82 Å². The molecule has 0 unspecified atom stereocenters. The highest BCUT2D eigenvalue weighted by molar-refractivity contribution is 7.26. The molecule has 57 heavy (non-hydrogen) atoms. The van der Waals surface area contributed by atoms with Crippen LogP contribution >= 0.6 is 11.3 Å². The molecule has 12 aromatic rings. The van der Waals surface area contributed by atoms with Crippen LogP contribution in [0.4, 0.5) is 17.1 Å². The van der Waals surface area contributed by atoms with Crippen LogP contribution in [0.5, 0.6) is 0 Å². The summed E-state index contributed by atoms with van der Waals surface area (Å²) in [5, 5.41) is 10.7. The Balaban J connectivity index is 0.978. The lowest BCUT2D eigenvalue weighted by atomic mass is 9.87. The highest BCUT2D eigenvalue weighted by atomic mass is 32.1. The van der Waals surface area contributed by atoms with Gasteiger partial charge >= 0.3 is 0 Å². The van der Waals surface area contributed by atoms with Crippen LogP contribution in [0.3, 0.4) is 0 Å². The Hall–Kier alpha value is -7.34. The first-order valence-corrected chi connectivity index (χ1v) is 20.0. The summed E-state index contributed by atoms with van der Waals surface area (Å²) in [6.07, 6.45) is 0. The third-order valence-corrected chi connectivity index (χ3v) is 12.9. The first-order valence-electron chi connectivity index (χ1n) is 19.2. The molecule has 9 aromatic carbocycles. The second kappa shape index (κ2) is 11.6. The van der Waals surface area contributed by atoms with Gasteiger partial charge in [0, 0.05) is 48.6 Å². The summed E-state index contributed by atoms with van der Waals surface area (Å²) in [6, 6.07) is 63.2. The van der Waals surface area contributed by atoms with Gasteiger partial charge in [-0.1, -0.05) is 115 Å². The predicted molar refractivity (Wildman–Crippen MR) is 239 cm³/mol. The molecule has 264 valence electrons. The van der Waals surface area contributed by atoms with Crippen molar-refractivity contribution in [1.29, 1.82) is 0 Å². The maximum absolute atomic E-state index is 6.19. The number of rotatable bonds is 3. The molecule has 0 radical (unpaired) electrons. The van der Waals surface area contributed by atoms with Crippen LogP contribution < -0.4 is 4.90 Å². The van der Waals surface area contributed by atoms with Crippen LogP contribution in [0.25, 0.3) is 108 Å². The molecule has 4 heterocycles. The fourth-order valence-electron chi connectivity index (χ4n) is 9.15. The number of fused-ring (bicyclic) bond motifs is 11. The summed E-state index contributed by atoms with van der Waals surface area (Å²) in [5.41, 5.74) is 11.8. The van der Waals surface area contributed by atoms with Crippen LogP contribution in [0, 0.1) is 0 Å². The minimum atomic E-state index is 0.712. The molecule has 0 amide bonds. The van der Waals surface area contributed by atoms with E-state index in [0.717, 1.165) is 70.8 Å². The number of nitrogens with zero attached hydrogens (tertiary/aromatic N) is 3. The maximum Gasteiger partial charge on any atom is 0.160 e. The predicted octanol–water partition coefficient (Wildman–Crippen LogP) is 15.0. The van der Waals surface area contributed by atoms with Gasteiger partial charge in [-0.05, 0) is 93.2 Å². The molecule has 0 spiro atoms. The van der Waals surface area contributed by atoms with Crippen molar-refractivity contribution in [1.82, 2.24) is 9.97 Å². The SMILES string of the molecule is c1ccc2c3c(ccc2c1)N(c1ccc2cc(-c4nc(-c5ccc6oc7ccccc7c6c5)c5sc6ccccc6c5n4)ccc2c1)c1cccc2cccc-3c12. The largest absolute Gasteiger partial charge is 0.456 e. The van der Waals surface area contributed by atoms with Gasteiger partial charge < -0.3 is 9.32 Å². The van der Waals surface area contributed by atoms with Crippen molar-refractivity contribution >= 4 is 103 Å².